The Labute approximate surface area is 114 Å². The minimum Gasteiger partial charge on any atom is -0.390 e. The van der Waals surface area contributed by atoms with Gasteiger partial charge in [-0.05, 0) is 30.4 Å². The van der Waals surface area contributed by atoms with Gasteiger partial charge in [-0.15, -0.1) is 0 Å². The van der Waals surface area contributed by atoms with Crippen molar-refractivity contribution in [2.75, 3.05) is 18.6 Å². The van der Waals surface area contributed by atoms with E-state index in [1.807, 2.05) is 24.3 Å². The number of aliphatic hydroxyl groups excluding tert-OH is 1. The fourth-order valence-electron chi connectivity index (χ4n) is 2.45. The topological polar surface area (TPSA) is 63.6 Å². The first-order valence-corrected chi connectivity index (χ1v) is 8.58. The molecular weight excluding hydrogens is 264 g/mol. The number of fused-ring (bicyclic) bond motifs is 1. The Kier molecular flexibility index (Phi) is 4.60. The molecule has 2 unspecified atom stereocenters. The molecule has 1 aliphatic rings. The van der Waals surface area contributed by atoms with Crippen LogP contribution in [0, 0.1) is 0 Å². The Hall–Kier alpha value is -0.910. The minimum absolute atomic E-state index is 0.110. The molecule has 19 heavy (non-hydrogen) atoms. The van der Waals surface area contributed by atoms with Crippen molar-refractivity contribution in [3.05, 3.63) is 35.4 Å². The summed E-state index contributed by atoms with van der Waals surface area (Å²) in [4.78, 5) is 0. The van der Waals surface area contributed by atoms with Crippen molar-refractivity contribution < 1.29 is 18.3 Å². The zero-order valence-electron chi connectivity index (χ0n) is 11.1. The molecule has 1 aromatic carbocycles. The molecule has 4 nitrogen and oxygen atoms in total. The van der Waals surface area contributed by atoms with Gasteiger partial charge in [0.15, 0.2) is 0 Å². The predicted molar refractivity (Wildman–Crippen MR) is 73.8 cm³/mol. The fraction of sp³-hybridized carbons (Fsp3) is 0.571. The predicted octanol–water partition coefficient (Wildman–Crippen LogP) is 1.49. The van der Waals surface area contributed by atoms with Crippen LogP contribution in [-0.4, -0.2) is 38.2 Å². The van der Waals surface area contributed by atoms with E-state index in [-0.39, 0.29) is 11.9 Å². The molecule has 0 spiro atoms. The molecule has 0 saturated heterocycles. The van der Waals surface area contributed by atoms with Gasteiger partial charge in [-0.1, -0.05) is 24.3 Å². The third-order valence-corrected chi connectivity index (χ3v) is 4.43. The molecule has 1 N–H and O–H groups in total. The van der Waals surface area contributed by atoms with E-state index in [4.69, 9.17) is 4.74 Å². The highest BCUT2D eigenvalue weighted by atomic mass is 32.2. The highest BCUT2D eigenvalue weighted by molar-refractivity contribution is 7.90. The molecule has 0 saturated carbocycles. The number of aliphatic hydroxyl groups is 1. The number of hydrogen-bond acceptors (Lipinski definition) is 4. The quantitative estimate of drug-likeness (QED) is 0.889. The van der Waals surface area contributed by atoms with E-state index in [9.17, 15) is 13.5 Å². The lowest BCUT2D eigenvalue weighted by Crippen LogP contribution is -2.27. The van der Waals surface area contributed by atoms with Crippen LogP contribution < -0.4 is 0 Å². The molecule has 0 aliphatic carbocycles. The average Bonchev–Trinajstić information content (AvgIpc) is 2.36. The van der Waals surface area contributed by atoms with E-state index < -0.39 is 15.9 Å². The maximum Gasteiger partial charge on any atom is 0.147 e. The highest BCUT2D eigenvalue weighted by Gasteiger charge is 2.27. The van der Waals surface area contributed by atoms with Crippen LogP contribution >= 0.6 is 0 Å². The lowest BCUT2D eigenvalue weighted by atomic mass is 9.93. The van der Waals surface area contributed by atoms with Gasteiger partial charge < -0.3 is 9.84 Å². The van der Waals surface area contributed by atoms with Crippen molar-refractivity contribution in [1.82, 2.24) is 0 Å². The third-order valence-electron chi connectivity index (χ3n) is 3.39. The first kappa shape index (κ1) is 14.5. The Morgan fingerprint density at radius 2 is 2.16 bits per heavy atom. The summed E-state index contributed by atoms with van der Waals surface area (Å²) in [5.41, 5.74) is 2.24. The van der Waals surface area contributed by atoms with Crippen LogP contribution in [0.1, 0.15) is 30.1 Å². The van der Waals surface area contributed by atoms with Gasteiger partial charge in [-0.2, -0.15) is 0 Å². The zero-order valence-corrected chi connectivity index (χ0v) is 11.9. The molecule has 1 aliphatic heterocycles. The van der Waals surface area contributed by atoms with Gasteiger partial charge in [0.25, 0.3) is 0 Å². The first-order valence-electron chi connectivity index (χ1n) is 6.52. The van der Waals surface area contributed by atoms with Gasteiger partial charge in [-0.25, -0.2) is 8.42 Å². The van der Waals surface area contributed by atoms with Crippen LogP contribution in [0.2, 0.25) is 0 Å². The van der Waals surface area contributed by atoms with E-state index >= 15 is 0 Å². The molecule has 0 bridgehead atoms. The Balaban J connectivity index is 1.99. The van der Waals surface area contributed by atoms with E-state index in [2.05, 4.69) is 0 Å². The normalized spacial score (nSPS) is 20.8. The van der Waals surface area contributed by atoms with E-state index in [1.54, 1.807) is 0 Å². The number of hydrogen-bond donors (Lipinski definition) is 1. The molecule has 1 heterocycles. The molecule has 1 aromatic rings. The third kappa shape index (κ3) is 4.03. The summed E-state index contributed by atoms with van der Waals surface area (Å²) in [5, 5.41) is 10.2. The summed E-state index contributed by atoms with van der Waals surface area (Å²) in [5.74, 6) is 0.110. The van der Waals surface area contributed by atoms with Crippen LogP contribution in [0.25, 0.3) is 0 Å². The largest absolute Gasteiger partial charge is 0.390 e. The lowest BCUT2D eigenvalue weighted by molar-refractivity contribution is -0.0496. The number of rotatable bonds is 5. The maximum absolute atomic E-state index is 11.1. The summed E-state index contributed by atoms with van der Waals surface area (Å²) in [6, 6.07) is 7.94. The van der Waals surface area contributed by atoms with Crippen LogP contribution in [0.4, 0.5) is 0 Å². The second kappa shape index (κ2) is 6.03. The second-order valence-corrected chi connectivity index (χ2v) is 7.34. The summed E-state index contributed by atoms with van der Waals surface area (Å²) < 4.78 is 27.8. The van der Waals surface area contributed by atoms with E-state index in [0.29, 0.717) is 19.4 Å². The van der Waals surface area contributed by atoms with Crippen molar-refractivity contribution in [2.45, 2.75) is 31.5 Å². The Bertz CT molecular complexity index is 524. The summed E-state index contributed by atoms with van der Waals surface area (Å²) in [6.45, 7) is 0.602. The summed E-state index contributed by atoms with van der Waals surface area (Å²) in [6.07, 6.45) is 2.00. The van der Waals surface area contributed by atoms with Gasteiger partial charge in [0.2, 0.25) is 0 Å². The molecule has 5 heteroatoms. The molecular formula is C14H20O4S. The highest BCUT2D eigenvalue weighted by Crippen LogP contribution is 2.31. The van der Waals surface area contributed by atoms with E-state index in [0.717, 1.165) is 12.0 Å². The van der Waals surface area contributed by atoms with Crippen molar-refractivity contribution in [2.24, 2.45) is 0 Å². The first-order chi connectivity index (χ1) is 8.97. The average molecular weight is 284 g/mol. The standard InChI is InChI=1S/C14H20O4S/c1-19(16,17)10-4-7-13(15)14-12-6-3-2-5-11(12)8-9-18-14/h2-3,5-6,13-15H,4,7-10H2,1H3. The van der Waals surface area contributed by atoms with Crippen LogP contribution in [0.3, 0.4) is 0 Å². The molecule has 0 amide bonds. The number of benzene rings is 1. The molecule has 0 aromatic heterocycles. The number of sulfone groups is 1. The number of ether oxygens (including phenoxy) is 1. The van der Waals surface area contributed by atoms with Gasteiger partial charge in [0, 0.05) is 12.0 Å². The van der Waals surface area contributed by atoms with Gasteiger partial charge in [-0.3, -0.25) is 0 Å². The Morgan fingerprint density at radius 1 is 1.42 bits per heavy atom. The fourth-order valence-corrected chi connectivity index (χ4v) is 3.14. The van der Waals surface area contributed by atoms with E-state index in [1.165, 1.54) is 11.8 Å². The molecule has 2 atom stereocenters. The monoisotopic (exact) mass is 284 g/mol. The van der Waals surface area contributed by atoms with Gasteiger partial charge in [0.1, 0.15) is 15.9 Å². The van der Waals surface area contributed by atoms with Crippen LogP contribution in [0.5, 0.6) is 0 Å². The Morgan fingerprint density at radius 3 is 2.89 bits per heavy atom. The smallest absolute Gasteiger partial charge is 0.147 e. The zero-order chi connectivity index (χ0) is 13.9. The van der Waals surface area contributed by atoms with Gasteiger partial charge >= 0.3 is 0 Å². The van der Waals surface area contributed by atoms with Crippen molar-refractivity contribution in [3.8, 4) is 0 Å². The molecule has 2 rings (SSSR count). The second-order valence-electron chi connectivity index (χ2n) is 5.08. The maximum atomic E-state index is 11.1. The minimum atomic E-state index is -2.96. The lowest BCUT2D eigenvalue weighted by Gasteiger charge is -2.29. The van der Waals surface area contributed by atoms with Crippen molar-refractivity contribution in [1.29, 1.82) is 0 Å². The van der Waals surface area contributed by atoms with Gasteiger partial charge in [0.05, 0.1) is 12.7 Å². The summed E-state index contributed by atoms with van der Waals surface area (Å²) >= 11 is 0. The van der Waals surface area contributed by atoms with Crippen LogP contribution in [-0.2, 0) is 21.0 Å². The van der Waals surface area contributed by atoms with Crippen LogP contribution in [0.15, 0.2) is 24.3 Å². The molecule has 0 radical (unpaired) electrons. The van der Waals surface area contributed by atoms with Crippen molar-refractivity contribution >= 4 is 9.84 Å². The van der Waals surface area contributed by atoms with Crippen molar-refractivity contribution in [3.63, 3.8) is 0 Å². The SMILES string of the molecule is CS(=O)(=O)CCCC(O)C1OCCc2ccccc21. The molecule has 0 fully saturated rings. The summed E-state index contributed by atoms with van der Waals surface area (Å²) in [7, 11) is -2.96. The molecule has 106 valence electrons.